The number of para-hydroxylation sites is 1. The van der Waals surface area contributed by atoms with Crippen molar-refractivity contribution in [2.24, 2.45) is 5.92 Å². The van der Waals surface area contributed by atoms with Crippen molar-refractivity contribution in [2.45, 2.75) is 40.7 Å². The van der Waals surface area contributed by atoms with Crippen LogP contribution in [0.15, 0.2) is 43.0 Å². The third kappa shape index (κ3) is 4.13. The number of benzene rings is 1. The maximum Gasteiger partial charge on any atom is 0.231 e. The molecule has 1 amide bonds. The zero-order valence-electron chi connectivity index (χ0n) is 15.1. The van der Waals surface area contributed by atoms with Crippen LogP contribution in [0.5, 0.6) is 0 Å². The first-order valence-corrected chi connectivity index (χ1v) is 8.43. The van der Waals surface area contributed by atoms with Gasteiger partial charge in [0.25, 0.3) is 0 Å². The molecule has 128 valence electrons. The van der Waals surface area contributed by atoms with E-state index in [9.17, 15) is 4.79 Å². The first kappa shape index (κ1) is 18.0. The molecule has 0 spiro atoms. The molecule has 0 saturated carbocycles. The summed E-state index contributed by atoms with van der Waals surface area (Å²) in [6, 6.07) is 9.72. The van der Waals surface area contributed by atoms with E-state index in [0.29, 0.717) is 18.9 Å². The fourth-order valence-corrected chi connectivity index (χ4v) is 2.85. The number of anilines is 1. The van der Waals surface area contributed by atoms with Crippen molar-refractivity contribution in [1.82, 2.24) is 9.78 Å². The number of rotatable bonds is 7. The average Bonchev–Trinajstić information content (AvgIpc) is 2.80. The number of hydrogen-bond acceptors (Lipinski definition) is 2. The van der Waals surface area contributed by atoms with Gasteiger partial charge in [0.1, 0.15) is 0 Å². The molecule has 0 N–H and O–H groups in total. The molecule has 4 nitrogen and oxygen atoms in total. The normalized spacial score (nSPS) is 10.9. The number of nitrogens with zero attached hydrogens (tertiary/aromatic N) is 3. The van der Waals surface area contributed by atoms with Crippen LogP contribution in [0.25, 0.3) is 0 Å². The Morgan fingerprint density at radius 3 is 2.54 bits per heavy atom. The van der Waals surface area contributed by atoms with Crippen molar-refractivity contribution < 1.29 is 4.79 Å². The lowest BCUT2D eigenvalue weighted by atomic mass is 10.1. The largest absolute Gasteiger partial charge is 0.308 e. The Labute approximate surface area is 144 Å². The van der Waals surface area contributed by atoms with Crippen LogP contribution in [0.3, 0.4) is 0 Å². The van der Waals surface area contributed by atoms with E-state index >= 15 is 0 Å². The summed E-state index contributed by atoms with van der Waals surface area (Å²) in [6.45, 7) is 13.5. The zero-order valence-corrected chi connectivity index (χ0v) is 15.1. The van der Waals surface area contributed by atoms with Gasteiger partial charge in [0.15, 0.2) is 0 Å². The number of aryl methyl sites for hydroxylation is 1. The van der Waals surface area contributed by atoms with Gasteiger partial charge in [0.05, 0.1) is 12.1 Å². The van der Waals surface area contributed by atoms with E-state index in [4.69, 9.17) is 0 Å². The molecule has 1 aromatic heterocycles. The van der Waals surface area contributed by atoms with Crippen molar-refractivity contribution in [3.05, 3.63) is 59.9 Å². The van der Waals surface area contributed by atoms with E-state index < -0.39 is 0 Å². The lowest BCUT2D eigenvalue weighted by Crippen LogP contribution is -2.32. The highest BCUT2D eigenvalue weighted by atomic mass is 16.2. The molecule has 0 radical (unpaired) electrons. The number of aromatic nitrogens is 2. The Balaban J connectivity index is 2.24. The number of carbonyl (C=O) groups excluding carboxylic acids is 1. The highest BCUT2D eigenvalue weighted by Gasteiger charge is 2.20. The Morgan fingerprint density at radius 1 is 1.29 bits per heavy atom. The summed E-state index contributed by atoms with van der Waals surface area (Å²) in [5.74, 6) is 0.588. The third-order valence-corrected chi connectivity index (χ3v) is 4.08. The van der Waals surface area contributed by atoms with Crippen LogP contribution in [0.4, 0.5) is 5.69 Å². The Morgan fingerprint density at radius 2 is 1.96 bits per heavy atom. The summed E-state index contributed by atoms with van der Waals surface area (Å²) in [5, 5.41) is 4.61. The van der Waals surface area contributed by atoms with Gasteiger partial charge in [-0.3, -0.25) is 9.48 Å². The Kier molecular flexibility index (Phi) is 5.96. The maximum absolute atomic E-state index is 12.9. The molecular formula is C20H27N3O. The van der Waals surface area contributed by atoms with Gasteiger partial charge in [-0.2, -0.15) is 5.10 Å². The van der Waals surface area contributed by atoms with Gasteiger partial charge in [-0.1, -0.05) is 38.1 Å². The molecule has 0 unspecified atom stereocenters. The fourth-order valence-electron chi connectivity index (χ4n) is 2.85. The Hall–Kier alpha value is -2.36. The monoisotopic (exact) mass is 325 g/mol. The summed E-state index contributed by atoms with van der Waals surface area (Å²) in [5.41, 5.74) is 3.95. The van der Waals surface area contributed by atoms with E-state index in [0.717, 1.165) is 29.2 Å². The summed E-state index contributed by atoms with van der Waals surface area (Å²) in [7, 11) is 0. The SMILES string of the molecule is C=CCN(C(=O)Cc1c(C)nn(CC(C)C)c1C)c1ccccc1. The minimum Gasteiger partial charge on any atom is -0.308 e. The van der Waals surface area contributed by atoms with E-state index in [1.54, 1.807) is 11.0 Å². The van der Waals surface area contributed by atoms with Gasteiger partial charge in [0, 0.05) is 30.0 Å². The second-order valence-corrected chi connectivity index (χ2v) is 6.53. The molecule has 0 saturated heterocycles. The van der Waals surface area contributed by atoms with Crippen LogP contribution in [-0.4, -0.2) is 22.2 Å². The lowest BCUT2D eigenvalue weighted by molar-refractivity contribution is -0.117. The maximum atomic E-state index is 12.9. The van der Waals surface area contributed by atoms with Gasteiger partial charge >= 0.3 is 0 Å². The van der Waals surface area contributed by atoms with Gasteiger partial charge in [0.2, 0.25) is 5.91 Å². The van der Waals surface area contributed by atoms with E-state index in [1.807, 2.05) is 48.9 Å². The van der Waals surface area contributed by atoms with Crippen molar-refractivity contribution in [1.29, 1.82) is 0 Å². The van der Waals surface area contributed by atoms with Gasteiger partial charge in [-0.05, 0) is 31.9 Å². The number of amides is 1. The predicted molar refractivity (Wildman–Crippen MR) is 99.2 cm³/mol. The predicted octanol–water partition coefficient (Wildman–Crippen LogP) is 3.92. The van der Waals surface area contributed by atoms with Crippen LogP contribution in [-0.2, 0) is 17.8 Å². The molecule has 2 rings (SSSR count). The first-order chi connectivity index (χ1) is 11.4. The van der Waals surface area contributed by atoms with Gasteiger partial charge in [-0.15, -0.1) is 6.58 Å². The quantitative estimate of drug-likeness (QED) is 0.724. The molecule has 0 aliphatic heterocycles. The van der Waals surface area contributed by atoms with E-state index in [-0.39, 0.29) is 5.91 Å². The second-order valence-electron chi connectivity index (χ2n) is 6.53. The molecule has 0 atom stereocenters. The molecular weight excluding hydrogens is 298 g/mol. The molecule has 0 bridgehead atoms. The van der Waals surface area contributed by atoms with Crippen molar-refractivity contribution in [3.63, 3.8) is 0 Å². The minimum atomic E-state index is 0.0661. The van der Waals surface area contributed by atoms with Crippen LogP contribution < -0.4 is 4.90 Å². The highest BCUT2D eigenvalue weighted by molar-refractivity contribution is 5.95. The third-order valence-electron chi connectivity index (χ3n) is 4.08. The van der Waals surface area contributed by atoms with Gasteiger partial charge < -0.3 is 4.90 Å². The summed E-state index contributed by atoms with van der Waals surface area (Å²) in [4.78, 5) is 14.6. The van der Waals surface area contributed by atoms with Gasteiger partial charge in [-0.25, -0.2) is 0 Å². The van der Waals surface area contributed by atoms with E-state index in [2.05, 4.69) is 25.5 Å². The van der Waals surface area contributed by atoms with Crippen LogP contribution in [0.1, 0.15) is 30.8 Å². The summed E-state index contributed by atoms with van der Waals surface area (Å²) >= 11 is 0. The summed E-state index contributed by atoms with van der Waals surface area (Å²) < 4.78 is 2.02. The molecule has 1 aromatic carbocycles. The van der Waals surface area contributed by atoms with E-state index in [1.165, 1.54) is 0 Å². The van der Waals surface area contributed by atoms with Crippen molar-refractivity contribution in [2.75, 3.05) is 11.4 Å². The molecule has 24 heavy (non-hydrogen) atoms. The molecule has 1 heterocycles. The second kappa shape index (κ2) is 7.95. The number of hydrogen-bond donors (Lipinski definition) is 0. The molecule has 0 aliphatic carbocycles. The molecule has 4 heteroatoms. The molecule has 0 aliphatic rings. The smallest absolute Gasteiger partial charge is 0.231 e. The first-order valence-electron chi connectivity index (χ1n) is 8.43. The van der Waals surface area contributed by atoms with Crippen LogP contribution >= 0.6 is 0 Å². The Bertz CT molecular complexity index is 701. The lowest BCUT2D eigenvalue weighted by Gasteiger charge is -2.21. The fraction of sp³-hybridized carbons (Fsp3) is 0.400. The number of carbonyl (C=O) groups is 1. The molecule has 0 fully saturated rings. The summed E-state index contributed by atoms with van der Waals surface area (Å²) in [6.07, 6.45) is 2.12. The van der Waals surface area contributed by atoms with Crippen molar-refractivity contribution in [3.8, 4) is 0 Å². The molecule has 2 aromatic rings. The topological polar surface area (TPSA) is 38.1 Å². The van der Waals surface area contributed by atoms with Crippen LogP contribution in [0, 0.1) is 19.8 Å². The zero-order chi connectivity index (χ0) is 17.7. The standard InChI is InChI=1S/C20H27N3O/c1-6-12-22(18-10-8-7-9-11-18)20(24)13-19-16(4)21-23(17(19)5)14-15(2)3/h6-11,15H,1,12-14H2,2-5H3. The van der Waals surface area contributed by atoms with Crippen molar-refractivity contribution >= 4 is 11.6 Å². The van der Waals surface area contributed by atoms with Crippen LogP contribution in [0.2, 0.25) is 0 Å². The highest BCUT2D eigenvalue weighted by Crippen LogP contribution is 2.19. The minimum absolute atomic E-state index is 0.0661. The average molecular weight is 325 g/mol.